The van der Waals surface area contributed by atoms with Crippen LogP contribution in [-0.4, -0.2) is 40.2 Å². The Morgan fingerprint density at radius 2 is 2.06 bits per heavy atom. The second-order valence-corrected chi connectivity index (χ2v) is 15.9. The first kappa shape index (κ1) is 25.1. The molecule has 0 saturated heterocycles. The molecule has 186 valence electrons. The van der Waals surface area contributed by atoms with Crippen LogP contribution in [0.15, 0.2) is 42.7 Å². The van der Waals surface area contributed by atoms with Gasteiger partial charge in [-0.1, -0.05) is 26.1 Å². The Morgan fingerprint density at radius 1 is 1.23 bits per heavy atom. The van der Waals surface area contributed by atoms with Crippen molar-refractivity contribution < 1.29 is 19.0 Å². The van der Waals surface area contributed by atoms with E-state index in [1.165, 1.54) is 18.3 Å². The zero-order valence-electron chi connectivity index (χ0n) is 20.6. The summed E-state index contributed by atoms with van der Waals surface area (Å²) in [6, 6.07) is 8.79. The van der Waals surface area contributed by atoms with Crippen LogP contribution in [0.3, 0.4) is 0 Å². The number of imidazole rings is 1. The highest BCUT2D eigenvalue weighted by Gasteiger charge is 2.25. The van der Waals surface area contributed by atoms with E-state index in [1.54, 1.807) is 18.2 Å². The second kappa shape index (κ2) is 10.7. The molecule has 1 aliphatic rings. The summed E-state index contributed by atoms with van der Waals surface area (Å²) in [4.78, 5) is 21.9. The number of anilines is 1. The number of amides is 1. The van der Waals surface area contributed by atoms with Crippen LogP contribution in [0.1, 0.15) is 43.1 Å². The van der Waals surface area contributed by atoms with Gasteiger partial charge in [0.25, 0.3) is 0 Å². The number of pyridine rings is 1. The first-order valence-electron chi connectivity index (χ1n) is 12.1. The number of nitrogens with one attached hydrogen (secondary N) is 1. The fourth-order valence-electron chi connectivity index (χ4n) is 4.18. The maximum Gasteiger partial charge on any atom is 0.224 e. The summed E-state index contributed by atoms with van der Waals surface area (Å²) < 4.78 is 22.3. The molecule has 9 heteroatoms. The summed E-state index contributed by atoms with van der Waals surface area (Å²) in [6.07, 6.45) is 5.91. The molecule has 1 atom stereocenters. The highest BCUT2D eigenvalue weighted by molar-refractivity contribution is 6.76. The monoisotopic (exact) mass is 496 g/mol. The minimum Gasteiger partial charge on any atom is -0.506 e. The third kappa shape index (κ3) is 6.55. The van der Waals surface area contributed by atoms with Gasteiger partial charge in [-0.25, -0.2) is 9.37 Å². The number of nitrogens with zero attached hydrogens (tertiary/aromatic N) is 3. The zero-order valence-corrected chi connectivity index (χ0v) is 21.6. The van der Waals surface area contributed by atoms with E-state index in [1.807, 2.05) is 10.8 Å². The molecule has 1 aliphatic heterocycles. The molecule has 3 aromatic rings. The minimum atomic E-state index is -1.24. The van der Waals surface area contributed by atoms with Crippen molar-refractivity contribution in [3.8, 4) is 17.0 Å². The smallest absolute Gasteiger partial charge is 0.224 e. The number of benzene rings is 1. The quantitative estimate of drug-likeness (QED) is 0.335. The molecule has 0 saturated carbocycles. The van der Waals surface area contributed by atoms with Crippen molar-refractivity contribution in [1.82, 2.24) is 14.5 Å². The summed E-state index contributed by atoms with van der Waals surface area (Å²) >= 11 is 0. The fraction of sp³-hybridized carbons (Fsp3) is 0.423. The van der Waals surface area contributed by atoms with Gasteiger partial charge in [0.05, 0.1) is 29.2 Å². The van der Waals surface area contributed by atoms with Gasteiger partial charge in [-0.2, -0.15) is 0 Å². The van der Waals surface area contributed by atoms with Gasteiger partial charge in [-0.3, -0.25) is 9.78 Å². The second-order valence-electron chi connectivity index (χ2n) is 10.3. The van der Waals surface area contributed by atoms with Crippen molar-refractivity contribution in [1.29, 1.82) is 0 Å². The van der Waals surface area contributed by atoms with Crippen LogP contribution in [0.25, 0.3) is 11.3 Å². The molecule has 7 nitrogen and oxygen atoms in total. The number of ether oxygens (including phenoxy) is 1. The molecule has 1 unspecified atom stereocenters. The van der Waals surface area contributed by atoms with Crippen LogP contribution in [0, 0.1) is 5.82 Å². The minimum absolute atomic E-state index is 0.0988. The number of rotatable bonds is 6. The van der Waals surface area contributed by atoms with Crippen LogP contribution >= 0.6 is 0 Å². The van der Waals surface area contributed by atoms with E-state index in [0.717, 1.165) is 30.4 Å². The molecule has 2 N–H and O–H groups in total. The fourth-order valence-corrected chi connectivity index (χ4v) is 4.94. The molecule has 1 aromatic carbocycles. The van der Waals surface area contributed by atoms with Gasteiger partial charge in [0.2, 0.25) is 5.91 Å². The largest absolute Gasteiger partial charge is 0.506 e. The predicted molar refractivity (Wildman–Crippen MR) is 137 cm³/mol. The Morgan fingerprint density at radius 3 is 2.80 bits per heavy atom. The van der Waals surface area contributed by atoms with Crippen molar-refractivity contribution in [3.05, 3.63) is 60.1 Å². The molecule has 35 heavy (non-hydrogen) atoms. The highest BCUT2D eigenvalue weighted by atomic mass is 28.3. The lowest BCUT2D eigenvalue weighted by molar-refractivity contribution is -0.116. The number of aromatic nitrogens is 3. The summed E-state index contributed by atoms with van der Waals surface area (Å²) in [5, 5.41) is 12.7. The Labute approximate surface area is 206 Å². The number of hydrogen-bond acceptors (Lipinski definition) is 5. The lowest BCUT2D eigenvalue weighted by atomic mass is 9.95. The van der Waals surface area contributed by atoms with Crippen LogP contribution in [0.5, 0.6) is 5.75 Å². The van der Waals surface area contributed by atoms with Gasteiger partial charge in [0.15, 0.2) is 0 Å². The van der Waals surface area contributed by atoms with Gasteiger partial charge in [-0.05, 0) is 49.2 Å². The van der Waals surface area contributed by atoms with E-state index in [0.29, 0.717) is 43.1 Å². The van der Waals surface area contributed by atoms with E-state index in [4.69, 9.17) is 9.72 Å². The number of carbonyl (C=O) groups is 1. The number of halogens is 1. The molecular weight excluding hydrogens is 463 g/mol. The van der Waals surface area contributed by atoms with Crippen molar-refractivity contribution in [2.75, 3.05) is 11.9 Å². The Balaban J connectivity index is 1.77. The maximum absolute atomic E-state index is 14.3. The van der Waals surface area contributed by atoms with Gasteiger partial charge >= 0.3 is 0 Å². The normalized spacial score (nSPS) is 16.7. The lowest BCUT2D eigenvalue weighted by Crippen LogP contribution is -2.22. The average molecular weight is 497 g/mol. The van der Waals surface area contributed by atoms with E-state index in [-0.39, 0.29) is 17.6 Å². The summed E-state index contributed by atoms with van der Waals surface area (Å²) in [5.74, 6) is 0.204. The summed E-state index contributed by atoms with van der Waals surface area (Å²) in [7, 11) is -1.24. The first-order chi connectivity index (χ1) is 16.7. The third-order valence-electron chi connectivity index (χ3n) is 6.15. The third-order valence-corrected chi connectivity index (χ3v) is 7.86. The molecule has 0 fully saturated rings. The number of aromatic hydroxyl groups is 1. The molecule has 0 spiro atoms. The van der Waals surface area contributed by atoms with Crippen LogP contribution in [0.2, 0.25) is 25.7 Å². The van der Waals surface area contributed by atoms with E-state index in [2.05, 4.69) is 29.9 Å². The van der Waals surface area contributed by atoms with E-state index in [9.17, 15) is 14.3 Å². The van der Waals surface area contributed by atoms with Gasteiger partial charge in [-0.15, -0.1) is 0 Å². The van der Waals surface area contributed by atoms with Gasteiger partial charge in [0, 0.05) is 32.9 Å². The van der Waals surface area contributed by atoms with Gasteiger partial charge in [0.1, 0.15) is 24.1 Å². The van der Waals surface area contributed by atoms with Crippen LogP contribution in [-0.2, 0) is 16.3 Å². The summed E-state index contributed by atoms with van der Waals surface area (Å²) in [5.41, 5.74) is 2.41. The highest BCUT2D eigenvalue weighted by Crippen LogP contribution is 2.35. The lowest BCUT2D eigenvalue weighted by Gasteiger charge is -2.19. The Kier molecular flexibility index (Phi) is 7.66. The molecule has 1 amide bonds. The first-order valence-corrected chi connectivity index (χ1v) is 15.8. The van der Waals surface area contributed by atoms with Crippen molar-refractivity contribution in [2.45, 2.75) is 64.0 Å². The Hall–Kier alpha value is -3.04. The van der Waals surface area contributed by atoms with Crippen molar-refractivity contribution in [2.24, 2.45) is 0 Å². The number of carbonyl (C=O) groups excluding carboxylic acids is 1. The SMILES string of the molecule is C[Si](C)(C)CCOCn1cc2nc1C(c1ccc(O)cn1)CCCCC(=O)Nc1ccc(F)cc1-2. The standard InChI is InChI=1S/C26H33FN4O3Si/c1-35(2,3)13-12-34-17-31-16-24-21-14-18(27)8-10-23(21)29-25(33)7-5-4-6-20(26(31)30-24)22-11-9-19(32)15-28-22/h8-11,14-16,20,32H,4-7,12-13,17H2,1-3H3,(H,29,33). The van der Waals surface area contributed by atoms with E-state index >= 15 is 0 Å². The molecule has 0 aliphatic carbocycles. The van der Waals surface area contributed by atoms with E-state index < -0.39 is 13.9 Å². The number of hydrogen-bond donors (Lipinski definition) is 2. The average Bonchev–Trinajstić information content (AvgIpc) is 3.21. The molecule has 2 aromatic heterocycles. The molecular formula is C26H33FN4O3Si. The van der Waals surface area contributed by atoms with Crippen LogP contribution < -0.4 is 5.32 Å². The molecule has 3 heterocycles. The summed E-state index contributed by atoms with van der Waals surface area (Å²) in [6.45, 7) is 7.91. The number of fused-ring (bicyclic) bond motifs is 4. The van der Waals surface area contributed by atoms with Gasteiger partial charge < -0.3 is 19.7 Å². The maximum atomic E-state index is 14.3. The zero-order chi connectivity index (χ0) is 25.0. The van der Waals surface area contributed by atoms with Crippen LogP contribution in [0.4, 0.5) is 10.1 Å². The van der Waals surface area contributed by atoms with Crippen molar-refractivity contribution in [3.63, 3.8) is 0 Å². The molecule has 2 bridgehead atoms. The Bertz CT molecular complexity index is 1170. The molecule has 4 rings (SSSR count). The topological polar surface area (TPSA) is 89.3 Å². The molecule has 0 radical (unpaired) electrons. The van der Waals surface area contributed by atoms with Crippen molar-refractivity contribution >= 4 is 19.7 Å². The predicted octanol–water partition coefficient (Wildman–Crippen LogP) is 5.75.